The van der Waals surface area contributed by atoms with E-state index < -0.39 is 97.2 Å². The second-order valence-electron chi connectivity index (χ2n) is 9.51. The maximum absolute atomic E-state index is 12.3. The molecular formula is C29H36O16. The number of esters is 7. The molecule has 248 valence electrons. The monoisotopic (exact) mass is 640 g/mol. The van der Waals surface area contributed by atoms with E-state index in [4.69, 9.17) is 38.3 Å². The van der Waals surface area contributed by atoms with E-state index in [2.05, 4.69) is 0 Å². The summed E-state index contributed by atoms with van der Waals surface area (Å²) in [6.45, 7) is 6.89. The van der Waals surface area contributed by atoms with Crippen molar-refractivity contribution in [3.63, 3.8) is 0 Å². The number of ether oxygens (including phenoxy) is 7. The first-order valence-electron chi connectivity index (χ1n) is 13.7. The van der Waals surface area contributed by atoms with Gasteiger partial charge in [0.15, 0.2) is 36.6 Å². The summed E-state index contributed by atoms with van der Waals surface area (Å²) in [7, 11) is 0. The number of carbonyl (C=O) groups is 8. The summed E-state index contributed by atoms with van der Waals surface area (Å²) in [5, 5.41) is 8.57. The topological polar surface area (TPSA) is 221 Å². The number of aliphatic carboxylic acids is 1. The normalized spacial score (nSPS) is 14.5. The highest BCUT2D eigenvalue weighted by molar-refractivity contribution is 5.87. The maximum atomic E-state index is 12.3. The molecule has 16 nitrogen and oxygen atoms in total. The van der Waals surface area contributed by atoms with Gasteiger partial charge in [0.05, 0.1) is 12.8 Å². The van der Waals surface area contributed by atoms with Crippen LogP contribution in [0.1, 0.15) is 59.9 Å². The summed E-state index contributed by atoms with van der Waals surface area (Å²) in [5.41, 5.74) is 0.721. The minimum Gasteiger partial charge on any atom is -0.481 e. The SMILES string of the molecule is CC(OC(=O)CCC(=O)O)C(=O)OC(C)C(=O)OC(C)C(=O)OC(C)C(=O)OC(C)C(=O)OC(C)C(=O)OCc1ccccc1. The molecule has 45 heavy (non-hydrogen) atoms. The van der Waals surface area contributed by atoms with Gasteiger partial charge in [0, 0.05) is 0 Å². The average molecular weight is 641 g/mol. The summed E-state index contributed by atoms with van der Waals surface area (Å²) in [4.78, 5) is 95.4. The molecule has 6 unspecified atom stereocenters. The molecule has 0 saturated carbocycles. The molecule has 1 aromatic rings. The van der Waals surface area contributed by atoms with Crippen molar-refractivity contribution in [2.24, 2.45) is 0 Å². The van der Waals surface area contributed by atoms with Gasteiger partial charge in [-0.25, -0.2) is 28.8 Å². The zero-order chi connectivity index (χ0) is 34.3. The van der Waals surface area contributed by atoms with Crippen LogP contribution < -0.4 is 0 Å². The number of rotatable bonds is 17. The van der Waals surface area contributed by atoms with E-state index in [1.54, 1.807) is 30.3 Å². The van der Waals surface area contributed by atoms with Gasteiger partial charge in [-0.1, -0.05) is 30.3 Å². The zero-order valence-corrected chi connectivity index (χ0v) is 25.5. The van der Waals surface area contributed by atoms with Gasteiger partial charge in [-0.2, -0.15) is 0 Å². The van der Waals surface area contributed by atoms with Crippen LogP contribution in [0, 0.1) is 0 Å². The molecule has 0 aromatic heterocycles. The van der Waals surface area contributed by atoms with Gasteiger partial charge < -0.3 is 38.3 Å². The highest BCUT2D eigenvalue weighted by Gasteiger charge is 2.32. The van der Waals surface area contributed by atoms with Gasteiger partial charge >= 0.3 is 47.8 Å². The van der Waals surface area contributed by atoms with Crippen LogP contribution >= 0.6 is 0 Å². The average Bonchev–Trinajstić information content (AvgIpc) is 2.98. The second-order valence-corrected chi connectivity index (χ2v) is 9.51. The Morgan fingerprint density at radius 2 is 0.844 bits per heavy atom. The Morgan fingerprint density at radius 3 is 1.20 bits per heavy atom. The van der Waals surface area contributed by atoms with Crippen molar-refractivity contribution in [1.29, 1.82) is 0 Å². The Labute approximate surface area is 258 Å². The molecule has 0 bridgehead atoms. The van der Waals surface area contributed by atoms with Crippen molar-refractivity contribution in [3.8, 4) is 0 Å². The Bertz CT molecular complexity index is 1230. The molecule has 1 rings (SSSR count). The lowest BCUT2D eigenvalue weighted by molar-refractivity contribution is -0.188. The number of carbonyl (C=O) groups excluding carboxylic acids is 7. The first-order valence-corrected chi connectivity index (χ1v) is 13.7. The highest BCUT2D eigenvalue weighted by atomic mass is 16.7. The van der Waals surface area contributed by atoms with E-state index >= 15 is 0 Å². The Hall–Kier alpha value is -5.02. The van der Waals surface area contributed by atoms with E-state index in [0.717, 1.165) is 33.3 Å². The fourth-order valence-corrected chi connectivity index (χ4v) is 2.95. The van der Waals surface area contributed by atoms with Crippen molar-refractivity contribution in [1.82, 2.24) is 0 Å². The van der Waals surface area contributed by atoms with Gasteiger partial charge in [-0.15, -0.1) is 0 Å². The molecule has 16 heteroatoms. The summed E-state index contributed by atoms with van der Waals surface area (Å²) in [6.07, 6.45) is -9.95. The van der Waals surface area contributed by atoms with Crippen molar-refractivity contribution >= 4 is 47.8 Å². The smallest absolute Gasteiger partial charge is 0.347 e. The molecule has 0 fully saturated rings. The minimum absolute atomic E-state index is 0.0410. The van der Waals surface area contributed by atoms with E-state index in [1.165, 1.54) is 13.8 Å². The summed E-state index contributed by atoms with van der Waals surface area (Å²) in [5.74, 6) is -8.76. The molecule has 0 heterocycles. The number of hydrogen-bond acceptors (Lipinski definition) is 15. The zero-order valence-electron chi connectivity index (χ0n) is 25.5. The van der Waals surface area contributed by atoms with E-state index in [9.17, 15) is 38.4 Å². The van der Waals surface area contributed by atoms with Gasteiger partial charge in [0.2, 0.25) is 0 Å². The Balaban J connectivity index is 2.48. The van der Waals surface area contributed by atoms with Gasteiger partial charge in [-0.05, 0) is 47.1 Å². The fraction of sp³-hybridized carbons (Fsp3) is 0.517. The number of carboxylic acids is 1. The van der Waals surface area contributed by atoms with Crippen molar-refractivity contribution < 1.29 is 76.6 Å². The first kappa shape index (κ1) is 38.0. The van der Waals surface area contributed by atoms with Crippen LogP contribution in [-0.2, 0) is 78.1 Å². The molecule has 0 saturated heterocycles. The summed E-state index contributed by atoms with van der Waals surface area (Å²) < 4.78 is 34.3. The molecular weight excluding hydrogens is 604 g/mol. The molecule has 6 atom stereocenters. The standard InChI is InChI=1S/C29H36O16/c1-15(24(33)39-14-21-10-8-7-9-11-21)41-26(35)17(3)43-28(37)19(5)45-29(38)20(6)44-27(36)18(4)42-25(34)16(2)40-23(32)13-12-22(30)31/h7-11,15-20H,12-14H2,1-6H3,(H,30,31). The van der Waals surface area contributed by atoms with Crippen molar-refractivity contribution in [2.45, 2.75) is 97.6 Å². The predicted molar refractivity (Wildman–Crippen MR) is 146 cm³/mol. The highest BCUT2D eigenvalue weighted by Crippen LogP contribution is 2.10. The quantitative estimate of drug-likeness (QED) is 0.186. The molecule has 0 aliphatic carbocycles. The summed E-state index contributed by atoms with van der Waals surface area (Å²) >= 11 is 0. The van der Waals surface area contributed by atoms with Crippen LogP contribution in [-0.4, -0.2) is 89.5 Å². The van der Waals surface area contributed by atoms with E-state index in [0.29, 0.717) is 0 Å². The van der Waals surface area contributed by atoms with Crippen molar-refractivity contribution in [2.75, 3.05) is 0 Å². The minimum atomic E-state index is -1.58. The molecule has 0 radical (unpaired) electrons. The van der Waals surface area contributed by atoms with Gasteiger partial charge in [0.1, 0.15) is 6.61 Å². The number of carboxylic acid groups (broad SMARTS) is 1. The Morgan fingerprint density at radius 1 is 0.511 bits per heavy atom. The lowest BCUT2D eigenvalue weighted by Crippen LogP contribution is -2.39. The number of hydrogen-bond donors (Lipinski definition) is 1. The maximum Gasteiger partial charge on any atom is 0.347 e. The molecule has 0 amide bonds. The third-order valence-corrected chi connectivity index (χ3v) is 5.53. The summed E-state index contributed by atoms with van der Waals surface area (Å²) in [6, 6.07) is 8.79. The Kier molecular flexibility index (Phi) is 15.7. The van der Waals surface area contributed by atoms with Gasteiger partial charge in [-0.3, -0.25) is 9.59 Å². The van der Waals surface area contributed by atoms with Crippen LogP contribution in [0.5, 0.6) is 0 Å². The van der Waals surface area contributed by atoms with Crippen LogP contribution in [0.4, 0.5) is 0 Å². The van der Waals surface area contributed by atoms with Crippen LogP contribution in [0.3, 0.4) is 0 Å². The second kappa shape index (κ2) is 18.6. The lowest BCUT2D eigenvalue weighted by atomic mass is 10.2. The van der Waals surface area contributed by atoms with Crippen LogP contribution in [0.15, 0.2) is 30.3 Å². The fourth-order valence-electron chi connectivity index (χ4n) is 2.95. The largest absolute Gasteiger partial charge is 0.481 e. The van der Waals surface area contributed by atoms with E-state index in [1.807, 2.05) is 0 Å². The molecule has 1 N–H and O–H groups in total. The molecule has 1 aromatic carbocycles. The van der Waals surface area contributed by atoms with Crippen molar-refractivity contribution in [3.05, 3.63) is 35.9 Å². The predicted octanol–water partition coefficient (Wildman–Crippen LogP) is 1.18. The number of benzene rings is 1. The van der Waals surface area contributed by atoms with E-state index in [-0.39, 0.29) is 6.61 Å². The lowest BCUT2D eigenvalue weighted by Gasteiger charge is -2.20. The van der Waals surface area contributed by atoms with Crippen LogP contribution in [0.2, 0.25) is 0 Å². The van der Waals surface area contributed by atoms with Gasteiger partial charge in [0.25, 0.3) is 0 Å². The molecule has 0 spiro atoms. The first-order chi connectivity index (χ1) is 21.0. The van der Waals surface area contributed by atoms with Crippen LogP contribution in [0.25, 0.3) is 0 Å². The molecule has 0 aliphatic rings. The third kappa shape index (κ3) is 14.3. The molecule has 0 aliphatic heterocycles. The third-order valence-electron chi connectivity index (χ3n) is 5.53.